The van der Waals surface area contributed by atoms with E-state index in [1.807, 2.05) is 17.0 Å². The molecule has 0 saturated carbocycles. The van der Waals surface area contributed by atoms with Gasteiger partial charge < -0.3 is 20.6 Å². The average Bonchev–Trinajstić information content (AvgIpc) is 2.87. The van der Waals surface area contributed by atoms with Crippen LogP contribution in [0, 0.1) is 5.92 Å². The summed E-state index contributed by atoms with van der Waals surface area (Å²) in [6.07, 6.45) is 3.70. The molecule has 36 heavy (non-hydrogen) atoms. The maximum atomic E-state index is 13.4. The molecule has 1 aromatic rings. The Kier molecular flexibility index (Phi) is 9.62. The first-order valence-electron chi connectivity index (χ1n) is 13.0. The van der Waals surface area contributed by atoms with Crippen molar-refractivity contribution < 1.29 is 24.3 Å². The smallest absolute Gasteiger partial charge is 0.251 e. The van der Waals surface area contributed by atoms with Crippen LogP contribution < -0.4 is 10.6 Å². The normalized spacial score (nSPS) is 20.0. The van der Waals surface area contributed by atoms with Crippen LogP contribution in [0.5, 0.6) is 0 Å². The number of likely N-dealkylation sites (tertiary alicyclic amines) is 1. The third-order valence-corrected chi connectivity index (χ3v) is 7.18. The van der Waals surface area contributed by atoms with Crippen molar-refractivity contribution >= 4 is 23.5 Å². The van der Waals surface area contributed by atoms with Gasteiger partial charge in [0.2, 0.25) is 11.8 Å². The van der Waals surface area contributed by atoms with Gasteiger partial charge in [-0.2, -0.15) is 0 Å². The van der Waals surface area contributed by atoms with E-state index in [1.165, 1.54) is 0 Å². The van der Waals surface area contributed by atoms with E-state index < -0.39 is 24.0 Å². The summed E-state index contributed by atoms with van der Waals surface area (Å²) in [7, 11) is 0. The number of hydrogen-bond donors (Lipinski definition) is 3. The number of carbonyl (C=O) groups excluding carboxylic acids is 4. The number of piperazine rings is 1. The van der Waals surface area contributed by atoms with Gasteiger partial charge in [-0.15, -0.1) is 0 Å². The molecule has 2 aliphatic heterocycles. The van der Waals surface area contributed by atoms with Gasteiger partial charge in [0, 0.05) is 31.7 Å². The van der Waals surface area contributed by atoms with E-state index in [2.05, 4.69) is 36.3 Å². The highest BCUT2D eigenvalue weighted by Crippen LogP contribution is 2.34. The number of nitrogens with one attached hydrogen (secondary N) is 2. The molecule has 1 aromatic carbocycles. The lowest BCUT2D eigenvalue weighted by Gasteiger charge is -2.52. The summed E-state index contributed by atoms with van der Waals surface area (Å²) >= 11 is 0. The number of rotatable bonds is 11. The minimum absolute atomic E-state index is 0.0152. The first-order valence-corrected chi connectivity index (χ1v) is 13.0. The van der Waals surface area contributed by atoms with Gasteiger partial charge in [0.15, 0.2) is 5.78 Å². The van der Waals surface area contributed by atoms with Gasteiger partial charge in [0.1, 0.15) is 18.2 Å². The second kappa shape index (κ2) is 12.5. The number of nitrogens with zero attached hydrogens (tertiary/aromatic N) is 2. The van der Waals surface area contributed by atoms with Crippen LogP contribution in [0.2, 0.25) is 0 Å². The Morgan fingerprint density at radius 3 is 2.42 bits per heavy atom. The number of aliphatic hydroxyl groups excluding tert-OH is 1. The summed E-state index contributed by atoms with van der Waals surface area (Å²) in [5, 5.41) is 14.3. The molecule has 3 rings (SSSR count). The first kappa shape index (κ1) is 27.8. The van der Waals surface area contributed by atoms with Crippen LogP contribution in [-0.2, 0) is 20.9 Å². The molecule has 9 nitrogen and oxygen atoms in total. The predicted octanol–water partition coefficient (Wildman–Crippen LogP) is 1.49. The molecule has 0 aliphatic carbocycles. The van der Waals surface area contributed by atoms with Gasteiger partial charge in [-0.25, -0.2) is 0 Å². The zero-order valence-corrected chi connectivity index (χ0v) is 21.7. The molecule has 3 amide bonds. The molecule has 2 heterocycles. The highest BCUT2D eigenvalue weighted by molar-refractivity contribution is 6.00. The van der Waals surface area contributed by atoms with E-state index in [9.17, 15) is 19.2 Å². The summed E-state index contributed by atoms with van der Waals surface area (Å²) in [5.74, 6) is -0.443. The molecule has 0 unspecified atom stereocenters. The minimum atomic E-state index is -0.774. The number of Topliss-reactive ketones (excluding diaryl/α,β-unsaturated/α-hetero) is 1. The Hall–Kier alpha value is -2.78. The summed E-state index contributed by atoms with van der Waals surface area (Å²) < 4.78 is 0. The summed E-state index contributed by atoms with van der Waals surface area (Å²) in [6.45, 7) is 8.13. The Balaban J connectivity index is 1.61. The zero-order chi connectivity index (χ0) is 26.3. The molecular formula is C27H40N4O5. The van der Waals surface area contributed by atoms with E-state index in [1.54, 1.807) is 12.1 Å². The molecule has 1 atom stereocenters. The average molecular weight is 501 g/mol. The van der Waals surface area contributed by atoms with E-state index in [-0.39, 0.29) is 24.3 Å². The summed E-state index contributed by atoms with van der Waals surface area (Å²) in [5.41, 5.74) is 0.712. The maximum Gasteiger partial charge on any atom is 0.251 e. The largest absolute Gasteiger partial charge is 0.389 e. The third-order valence-electron chi connectivity index (χ3n) is 7.18. The van der Waals surface area contributed by atoms with Crippen LogP contribution in [-0.4, -0.2) is 82.8 Å². The molecule has 0 aromatic heterocycles. The van der Waals surface area contributed by atoms with Crippen molar-refractivity contribution in [2.75, 3.05) is 32.8 Å². The highest BCUT2D eigenvalue weighted by Gasteiger charge is 2.53. The number of benzene rings is 1. The van der Waals surface area contributed by atoms with Crippen LogP contribution in [0.1, 0.15) is 68.8 Å². The third kappa shape index (κ3) is 6.50. The van der Waals surface area contributed by atoms with Gasteiger partial charge in [-0.3, -0.25) is 24.1 Å². The summed E-state index contributed by atoms with van der Waals surface area (Å²) in [6, 6.07) is 6.76. The lowest BCUT2D eigenvalue weighted by molar-refractivity contribution is -0.161. The lowest BCUT2D eigenvalue weighted by atomic mass is 9.80. The lowest BCUT2D eigenvalue weighted by Crippen LogP contribution is -2.73. The monoisotopic (exact) mass is 500 g/mol. The molecule has 2 saturated heterocycles. The fourth-order valence-corrected chi connectivity index (χ4v) is 5.08. The zero-order valence-electron chi connectivity index (χ0n) is 21.7. The molecule has 1 spiro atoms. The number of amides is 3. The Labute approximate surface area is 213 Å². The van der Waals surface area contributed by atoms with E-state index >= 15 is 0 Å². The second-order valence-corrected chi connectivity index (χ2v) is 10.4. The topological polar surface area (TPSA) is 119 Å². The molecular weight excluding hydrogens is 460 g/mol. The van der Waals surface area contributed by atoms with Gasteiger partial charge in [0.05, 0.1) is 6.54 Å². The van der Waals surface area contributed by atoms with Crippen molar-refractivity contribution in [3.8, 4) is 0 Å². The number of hydrogen-bond acceptors (Lipinski definition) is 6. The van der Waals surface area contributed by atoms with Gasteiger partial charge in [0.25, 0.3) is 5.91 Å². The molecule has 9 heteroatoms. The van der Waals surface area contributed by atoms with Crippen molar-refractivity contribution in [3.05, 3.63) is 35.4 Å². The predicted molar refractivity (Wildman–Crippen MR) is 136 cm³/mol. The van der Waals surface area contributed by atoms with Crippen LogP contribution in [0.4, 0.5) is 0 Å². The SMILES string of the molecule is CCCCN1C(=O)[C@H](CC(C)C)NC(=O)C12CCN(Cc1ccc(C(=O)NCC(=O)CO)cc1)CC2. The minimum Gasteiger partial charge on any atom is -0.389 e. The van der Waals surface area contributed by atoms with Gasteiger partial charge in [-0.1, -0.05) is 39.3 Å². The van der Waals surface area contributed by atoms with Crippen molar-refractivity contribution in [1.29, 1.82) is 0 Å². The van der Waals surface area contributed by atoms with Crippen molar-refractivity contribution in [1.82, 2.24) is 20.4 Å². The molecule has 198 valence electrons. The fraction of sp³-hybridized carbons (Fsp3) is 0.630. The van der Waals surface area contributed by atoms with Gasteiger partial charge >= 0.3 is 0 Å². The van der Waals surface area contributed by atoms with Crippen LogP contribution in [0.15, 0.2) is 24.3 Å². The molecule has 2 aliphatic rings. The number of piperidine rings is 1. The van der Waals surface area contributed by atoms with Crippen molar-refractivity contribution in [2.45, 2.75) is 71.0 Å². The number of carbonyl (C=O) groups is 4. The Morgan fingerprint density at radius 2 is 1.83 bits per heavy atom. The van der Waals surface area contributed by atoms with E-state index in [0.717, 1.165) is 18.4 Å². The number of unbranched alkanes of at least 4 members (excludes halogenated alkanes) is 1. The standard InChI is InChI=1S/C27H40N4O5/c1-4-5-12-31-25(35)23(15-19(2)3)29-26(36)27(31)10-13-30(14-11-27)17-20-6-8-21(9-7-20)24(34)28-16-22(33)18-32/h6-9,19,23,32H,4-5,10-18H2,1-3H3,(H,28,34)(H,29,36)/t23-/m0/s1. The van der Waals surface area contributed by atoms with Crippen LogP contribution in [0.3, 0.4) is 0 Å². The van der Waals surface area contributed by atoms with Crippen LogP contribution in [0.25, 0.3) is 0 Å². The Morgan fingerprint density at radius 1 is 1.17 bits per heavy atom. The Bertz CT molecular complexity index is 938. The molecule has 2 fully saturated rings. The van der Waals surface area contributed by atoms with Crippen LogP contribution >= 0.6 is 0 Å². The van der Waals surface area contributed by atoms with E-state index in [4.69, 9.17) is 5.11 Å². The first-order chi connectivity index (χ1) is 17.2. The maximum absolute atomic E-state index is 13.4. The molecule has 3 N–H and O–H groups in total. The quantitative estimate of drug-likeness (QED) is 0.424. The summed E-state index contributed by atoms with van der Waals surface area (Å²) in [4.78, 5) is 54.2. The van der Waals surface area contributed by atoms with Gasteiger partial charge in [-0.05, 0) is 49.3 Å². The number of ketones is 1. The van der Waals surface area contributed by atoms with Crippen molar-refractivity contribution in [3.63, 3.8) is 0 Å². The van der Waals surface area contributed by atoms with E-state index in [0.29, 0.717) is 56.9 Å². The van der Waals surface area contributed by atoms with Crippen molar-refractivity contribution in [2.24, 2.45) is 5.92 Å². The molecule has 0 radical (unpaired) electrons. The molecule has 0 bridgehead atoms. The highest BCUT2D eigenvalue weighted by atomic mass is 16.3. The fourth-order valence-electron chi connectivity index (χ4n) is 5.08. The number of aliphatic hydroxyl groups is 1. The second-order valence-electron chi connectivity index (χ2n) is 10.4.